The first-order valence-electron chi connectivity index (χ1n) is 7.95. The number of hydrogen-bond donors (Lipinski definition) is 1. The lowest BCUT2D eigenvalue weighted by atomic mass is 9.96. The van der Waals surface area contributed by atoms with Crippen molar-refractivity contribution < 1.29 is 22.7 Å². The second kappa shape index (κ2) is 6.47. The Morgan fingerprint density at radius 2 is 2.13 bits per heavy atom. The first-order chi connectivity index (χ1) is 10.9. The van der Waals surface area contributed by atoms with Crippen LogP contribution < -0.4 is 0 Å². The number of ether oxygens (including phenoxy) is 1. The van der Waals surface area contributed by atoms with Crippen LogP contribution in [0.4, 0.5) is 4.39 Å². The predicted octanol–water partition coefficient (Wildman–Crippen LogP) is 1.68. The zero-order chi connectivity index (χ0) is 16.6. The van der Waals surface area contributed by atoms with Crippen LogP contribution in [0.25, 0.3) is 0 Å². The highest BCUT2D eigenvalue weighted by Gasteiger charge is 2.43. The summed E-state index contributed by atoms with van der Waals surface area (Å²) in [6.07, 6.45) is 1.78. The van der Waals surface area contributed by atoms with Gasteiger partial charge in [-0.15, -0.1) is 0 Å². The van der Waals surface area contributed by atoms with E-state index in [9.17, 15) is 17.9 Å². The number of benzene rings is 1. The Hall–Kier alpha value is -1.02. The van der Waals surface area contributed by atoms with E-state index in [1.54, 1.807) is 13.0 Å². The molecule has 7 heteroatoms. The minimum absolute atomic E-state index is 0.155. The molecule has 2 fully saturated rings. The summed E-state index contributed by atoms with van der Waals surface area (Å²) in [7, 11) is -3.96. The summed E-state index contributed by atoms with van der Waals surface area (Å²) < 4.78 is 46.9. The topological polar surface area (TPSA) is 66.8 Å². The highest BCUT2D eigenvalue weighted by molar-refractivity contribution is 7.89. The number of halogens is 1. The monoisotopic (exact) mass is 343 g/mol. The van der Waals surface area contributed by atoms with E-state index in [-0.39, 0.29) is 30.6 Å². The fourth-order valence-electron chi connectivity index (χ4n) is 3.60. The summed E-state index contributed by atoms with van der Waals surface area (Å²) in [5, 5.41) is 10.1. The van der Waals surface area contributed by atoms with Crippen molar-refractivity contribution in [3.05, 3.63) is 29.6 Å². The molecule has 5 nitrogen and oxygen atoms in total. The molecule has 1 saturated carbocycles. The molecule has 1 heterocycles. The van der Waals surface area contributed by atoms with Gasteiger partial charge in [-0.05, 0) is 37.5 Å². The van der Waals surface area contributed by atoms with E-state index in [0.717, 1.165) is 12.8 Å². The molecule has 1 saturated heterocycles. The SMILES string of the molecule is Cc1ccc(F)c(S(=O)(=O)N2CCOC[C@@H]2[C@@H]2CCC[C@H]2O)c1. The molecule has 3 rings (SSSR count). The maximum atomic E-state index is 14.1. The van der Waals surface area contributed by atoms with E-state index in [1.807, 2.05) is 0 Å². The summed E-state index contributed by atoms with van der Waals surface area (Å²) in [6, 6.07) is 3.65. The lowest BCUT2D eigenvalue weighted by Gasteiger charge is -2.39. The van der Waals surface area contributed by atoms with Crippen molar-refractivity contribution in [2.75, 3.05) is 19.8 Å². The smallest absolute Gasteiger partial charge is 0.246 e. The fraction of sp³-hybridized carbons (Fsp3) is 0.625. The first kappa shape index (κ1) is 16.8. The third kappa shape index (κ3) is 3.15. The highest BCUT2D eigenvalue weighted by Crippen LogP contribution is 2.35. The van der Waals surface area contributed by atoms with Crippen molar-refractivity contribution in [1.29, 1.82) is 0 Å². The van der Waals surface area contributed by atoms with Crippen LogP contribution in [0.15, 0.2) is 23.1 Å². The van der Waals surface area contributed by atoms with Crippen LogP contribution in [0.5, 0.6) is 0 Å². The summed E-state index contributed by atoms with van der Waals surface area (Å²) in [5.41, 5.74) is 0.690. The van der Waals surface area contributed by atoms with Crippen molar-refractivity contribution in [2.24, 2.45) is 5.92 Å². The van der Waals surface area contributed by atoms with Crippen molar-refractivity contribution in [3.63, 3.8) is 0 Å². The average Bonchev–Trinajstić information content (AvgIpc) is 2.95. The van der Waals surface area contributed by atoms with Crippen molar-refractivity contribution in [3.8, 4) is 0 Å². The Bertz CT molecular complexity index is 679. The Morgan fingerprint density at radius 1 is 1.35 bits per heavy atom. The molecule has 3 atom stereocenters. The van der Waals surface area contributed by atoms with Crippen LogP contribution in [0.1, 0.15) is 24.8 Å². The number of sulfonamides is 1. The quantitative estimate of drug-likeness (QED) is 0.907. The van der Waals surface area contributed by atoms with Crippen LogP contribution in [-0.2, 0) is 14.8 Å². The summed E-state index contributed by atoms with van der Waals surface area (Å²) in [6.45, 7) is 2.44. The maximum Gasteiger partial charge on any atom is 0.246 e. The third-order valence-corrected chi connectivity index (χ3v) is 6.75. The number of aliphatic hydroxyl groups excluding tert-OH is 1. The number of rotatable bonds is 3. The summed E-state index contributed by atoms with van der Waals surface area (Å²) in [4.78, 5) is -0.295. The normalized spacial score (nSPS) is 29.8. The molecular formula is C16H22FNO4S. The van der Waals surface area contributed by atoms with Gasteiger partial charge in [0.1, 0.15) is 10.7 Å². The number of hydrogen-bond acceptors (Lipinski definition) is 4. The lowest BCUT2D eigenvalue weighted by Crippen LogP contribution is -2.53. The molecule has 2 aliphatic rings. The number of nitrogens with zero attached hydrogens (tertiary/aromatic N) is 1. The van der Waals surface area contributed by atoms with Crippen LogP contribution in [-0.4, -0.2) is 49.7 Å². The van der Waals surface area contributed by atoms with E-state index in [1.165, 1.54) is 16.4 Å². The molecular weight excluding hydrogens is 321 g/mol. The second-order valence-electron chi connectivity index (χ2n) is 6.35. The van der Waals surface area contributed by atoms with Gasteiger partial charge in [-0.25, -0.2) is 12.8 Å². The molecule has 1 N–H and O–H groups in total. The van der Waals surface area contributed by atoms with E-state index in [0.29, 0.717) is 12.0 Å². The molecule has 0 unspecified atom stereocenters. The first-order valence-corrected chi connectivity index (χ1v) is 9.39. The average molecular weight is 343 g/mol. The minimum atomic E-state index is -3.96. The molecule has 23 heavy (non-hydrogen) atoms. The summed E-state index contributed by atoms with van der Waals surface area (Å²) in [5.74, 6) is -0.897. The van der Waals surface area contributed by atoms with Crippen LogP contribution in [0.3, 0.4) is 0 Å². The van der Waals surface area contributed by atoms with Crippen molar-refractivity contribution >= 4 is 10.0 Å². The fourth-order valence-corrected chi connectivity index (χ4v) is 5.39. The number of morpholine rings is 1. The number of aliphatic hydroxyl groups is 1. The Morgan fingerprint density at radius 3 is 2.83 bits per heavy atom. The molecule has 0 amide bonds. The molecule has 1 aromatic carbocycles. The minimum Gasteiger partial charge on any atom is -0.393 e. The van der Waals surface area contributed by atoms with Gasteiger partial charge in [0, 0.05) is 12.5 Å². The third-order valence-electron chi connectivity index (χ3n) is 4.81. The molecule has 0 bridgehead atoms. The van der Waals surface area contributed by atoms with Gasteiger partial charge in [0.25, 0.3) is 0 Å². The van der Waals surface area contributed by atoms with Gasteiger partial charge >= 0.3 is 0 Å². The van der Waals surface area contributed by atoms with Gasteiger partial charge < -0.3 is 9.84 Å². The van der Waals surface area contributed by atoms with E-state index in [2.05, 4.69) is 0 Å². The van der Waals surface area contributed by atoms with E-state index < -0.39 is 28.0 Å². The van der Waals surface area contributed by atoms with Gasteiger partial charge in [-0.2, -0.15) is 4.31 Å². The molecule has 128 valence electrons. The van der Waals surface area contributed by atoms with Crippen LogP contribution in [0, 0.1) is 18.7 Å². The largest absolute Gasteiger partial charge is 0.393 e. The Balaban J connectivity index is 1.97. The molecule has 1 aliphatic carbocycles. The van der Waals surface area contributed by atoms with Crippen LogP contribution in [0.2, 0.25) is 0 Å². The summed E-state index contributed by atoms with van der Waals surface area (Å²) >= 11 is 0. The molecule has 1 aromatic rings. The Kier molecular flexibility index (Phi) is 4.73. The van der Waals surface area contributed by atoms with Gasteiger partial charge in [0.15, 0.2) is 0 Å². The van der Waals surface area contributed by atoms with Crippen molar-refractivity contribution in [1.82, 2.24) is 4.31 Å². The van der Waals surface area contributed by atoms with Gasteiger partial charge in [0.2, 0.25) is 10.0 Å². The lowest BCUT2D eigenvalue weighted by molar-refractivity contribution is -0.0148. The van der Waals surface area contributed by atoms with Crippen LogP contribution >= 0.6 is 0 Å². The zero-order valence-corrected chi connectivity index (χ0v) is 13.9. The molecule has 1 aliphatic heterocycles. The second-order valence-corrected chi connectivity index (χ2v) is 8.21. The van der Waals surface area contributed by atoms with E-state index in [4.69, 9.17) is 4.74 Å². The van der Waals surface area contributed by atoms with Gasteiger partial charge in [0.05, 0.1) is 25.4 Å². The molecule has 0 radical (unpaired) electrons. The zero-order valence-electron chi connectivity index (χ0n) is 13.1. The Labute approximate surface area is 136 Å². The number of aryl methyl sites for hydroxylation is 1. The molecule has 0 aromatic heterocycles. The standard InChI is InChI=1S/C16H22FNO4S/c1-11-5-6-13(17)16(9-11)23(20,21)18-7-8-22-10-14(18)12-3-2-4-15(12)19/h5-6,9,12,14-15,19H,2-4,7-8,10H2,1H3/t12-,14+,15+/m0/s1. The van der Waals surface area contributed by atoms with Gasteiger partial charge in [-0.1, -0.05) is 12.5 Å². The van der Waals surface area contributed by atoms with E-state index >= 15 is 0 Å². The maximum absolute atomic E-state index is 14.1. The predicted molar refractivity (Wildman–Crippen MR) is 83.0 cm³/mol. The van der Waals surface area contributed by atoms with Gasteiger partial charge in [-0.3, -0.25) is 0 Å². The van der Waals surface area contributed by atoms with Crippen molar-refractivity contribution in [2.45, 2.75) is 43.2 Å². The highest BCUT2D eigenvalue weighted by atomic mass is 32.2. The molecule has 0 spiro atoms.